The normalized spacial score (nSPS) is 11.0. The predicted molar refractivity (Wildman–Crippen MR) is 154 cm³/mol. The Bertz CT molecular complexity index is 1990. The summed E-state index contributed by atoms with van der Waals surface area (Å²) in [4.78, 5) is 47.2. The Balaban J connectivity index is 1.33. The minimum Gasteiger partial charge on any atom is -0.462 e. The maximum Gasteiger partial charge on any atom is 0.351 e. The summed E-state index contributed by atoms with van der Waals surface area (Å²) in [6.45, 7) is 1.78. The lowest BCUT2D eigenvalue weighted by molar-refractivity contribution is 0.0521. The molecular formula is C33H22N2O6. The molecule has 0 aliphatic carbocycles. The standard InChI is InChI=1S/C33H22N2O6/c1-2-39-32(37)25-17-22-13-15-24(19-28(22)41-33(25)38)40-31(36)23-14-16-26-27(18-23)35-30(21-11-7-4-8-12-21)29(34-26)20-9-5-3-6-10-20/h3-19H,2H2,1H3. The minimum atomic E-state index is -0.836. The maximum atomic E-state index is 13.1. The van der Waals surface area contributed by atoms with Crippen molar-refractivity contribution in [2.24, 2.45) is 0 Å². The topological polar surface area (TPSA) is 109 Å². The van der Waals surface area contributed by atoms with Gasteiger partial charge in [0.25, 0.3) is 0 Å². The third kappa shape index (κ3) is 5.18. The number of hydrogen-bond donors (Lipinski definition) is 0. The third-order valence-electron chi connectivity index (χ3n) is 6.41. The van der Waals surface area contributed by atoms with E-state index in [1.54, 1.807) is 37.3 Å². The van der Waals surface area contributed by atoms with Crippen LogP contribution in [0.15, 0.2) is 112 Å². The Morgan fingerprint density at radius 2 is 1.39 bits per heavy atom. The largest absolute Gasteiger partial charge is 0.462 e. The first-order valence-corrected chi connectivity index (χ1v) is 12.9. The molecule has 0 fully saturated rings. The van der Waals surface area contributed by atoms with Gasteiger partial charge in [-0.15, -0.1) is 0 Å². The summed E-state index contributed by atoms with van der Waals surface area (Å²) in [7, 11) is 0. The van der Waals surface area contributed by atoms with Crippen LogP contribution < -0.4 is 10.4 Å². The molecule has 0 bridgehead atoms. The summed E-state index contributed by atoms with van der Waals surface area (Å²) >= 11 is 0. The van der Waals surface area contributed by atoms with Gasteiger partial charge >= 0.3 is 17.6 Å². The van der Waals surface area contributed by atoms with Crippen molar-refractivity contribution in [3.63, 3.8) is 0 Å². The first kappa shape index (κ1) is 25.6. The van der Waals surface area contributed by atoms with Crippen molar-refractivity contribution < 1.29 is 23.5 Å². The van der Waals surface area contributed by atoms with Crippen LogP contribution in [0.5, 0.6) is 5.75 Å². The molecule has 41 heavy (non-hydrogen) atoms. The van der Waals surface area contributed by atoms with Crippen LogP contribution in [0.25, 0.3) is 44.5 Å². The third-order valence-corrected chi connectivity index (χ3v) is 6.41. The Hall–Kier alpha value is -5.63. The van der Waals surface area contributed by atoms with Crippen LogP contribution >= 0.6 is 0 Å². The van der Waals surface area contributed by atoms with E-state index in [1.165, 1.54) is 12.1 Å². The van der Waals surface area contributed by atoms with Crippen LogP contribution in [0, 0.1) is 0 Å². The molecule has 0 N–H and O–H groups in total. The van der Waals surface area contributed by atoms with Crippen molar-refractivity contribution in [1.82, 2.24) is 9.97 Å². The number of fused-ring (bicyclic) bond motifs is 2. The number of carbonyl (C=O) groups excluding carboxylic acids is 2. The zero-order valence-electron chi connectivity index (χ0n) is 21.9. The van der Waals surface area contributed by atoms with E-state index in [2.05, 4.69) is 0 Å². The molecule has 2 heterocycles. The number of hydrogen-bond acceptors (Lipinski definition) is 8. The average molecular weight is 543 g/mol. The Morgan fingerprint density at radius 3 is 2.05 bits per heavy atom. The quantitative estimate of drug-likeness (QED) is 0.134. The number of carbonyl (C=O) groups is 2. The molecule has 0 radical (unpaired) electrons. The van der Waals surface area contributed by atoms with Gasteiger partial charge in [0.2, 0.25) is 0 Å². The Kier molecular flexibility index (Phi) is 6.79. The minimum absolute atomic E-state index is 0.132. The van der Waals surface area contributed by atoms with Crippen LogP contribution in [-0.4, -0.2) is 28.5 Å². The van der Waals surface area contributed by atoms with E-state index in [1.807, 2.05) is 60.7 Å². The summed E-state index contributed by atoms with van der Waals surface area (Å²) in [5.41, 5.74) is 3.84. The number of rotatable bonds is 6. The summed E-state index contributed by atoms with van der Waals surface area (Å²) < 4.78 is 15.8. The zero-order chi connectivity index (χ0) is 28.3. The zero-order valence-corrected chi connectivity index (χ0v) is 21.9. The van der Waals surface area contributed by atoms with Gasteiger partial charge in [-0.25, -0.2) is 24.4 Å². The van der Waals surface area contributed by atoms with Crippen molar-refractivity contribution in [3.05, 3.63) is 125 Å². The summed E-state index contributed by atoms with van der Waals surface area (Å²) in [6, 6.07) is 30.5. The number of benzene rings is 4. The van der Waals surface area contributed by atoms with Crippen LogP contribution in [-0.2, 0) is 4.74 Å². The number of nitrogens with zero attached hydrogens (tertiary/aromatic N) is 2. The van der Waals surface area contributed by atoms with Crippen LogP contribution in [0.4, 0.5) is 0 Å². The van der Waals surface area contributed by atoms with E-state index in [9.17, 15) is 14.4 Å². The highest BCUT2D eigenvalue weighted by atomic mass is 16.5. The average Bonchev–Trinajstić information content (AvgIpc) is 3.00. The van der Waals surface area contributed by atoms with Gasteiger partial charge in [0.05, 0.1) is 34.6 Å². The van der Waals surface area contributed by atoms with E-state index in [4.69, 9.17) is 23.9 Å². The number of esters is 2. The number of ether oxygens (including phenoxy) is 2. The van der Waals surface area contributed by atoms with E-state index < -0.39 is 17.6 Å². The summed E-state index contributed by atoms with van der Waals surface area (Å²) in [6.07, 6.45) is 0. The van der Waals surface area contributed by atoms with E-state index >= 15 is 0 Å². The van der Waals surface area contributed by atoms with Gasteiger partial charge in [0, 0.05) is 22.6 Å². The molecule has 0 unspecified atom stereocenters. The molecule has 0 spiro atoms. The second-order valence-corrected chi connectivity index (χ2v) is 9.11. The molecule has 6 rings (SSSR count). The molecule has 2 aromatic heterocycles. The monoisotopic (exact) mass is 542 g/mol. The molecule has 6 aromatic rings. The second kappa shape index (κ2) is 10.9. The molecule has 0 amide bonds. The highest BCUT2D eigenvalue weighted by molar-refractivity contribution is 5.97. The van der Waals surface area contributed by atoms with Gasteiger partial charge in [-0.2, -0.15) is 0 Å². The fourth-order valence-corrected chi connectivity index (χ4v) is 4.45. The van der Waals surface area contributed by atoms with E-state index in [0.717, 1.165) is 16.8 Å². The summed E-state index contributed by atoms with van der Waals surface area (Å²) in [5, 5.41) is 0.482. The lowest BCUT2D eigenvalue weighted by Gasteiger charge is -2.11. The smallest absolute Gasteiger partial charge is 0.351 e. The fourth-order valence-electron chi connectivity index (χ4n) is 4.45. The molecule has 0 aliphatic rings. The fraction of sp³-hybridized carbons (Fsp3) is 0.0606. The number of aromatic nitrogens is 2. The Morgan fingerprint density at radius 1 is 0.732 bits per heavy atom. The lowest BCUT2D eigenvalue weighted by atomic mass is 10.0. The van der Waals surface area contributed by atoms with Gasteiger partial charge in [-0.05, 0) is 43.3 Å². The highest BCUT2D eigenvalue weighted by Crippen LogP contribution is 2.31. The van der Waals surface area contributed by atoms with Gasteiger partial charge in [0.1, 0.15) is 16.9 Å². The van der Waals surface area contributed by atoms with Gasteiger partial charge < -0.3 is 13.9 Å². The summed E-state index contributed by atoms with van der Waals surface area (Å²) in [5.74, 6) is -1.21. The lowest BCUT2D eigenvalue weighted by Crippen LogP contribution is -2.16. The van der Waals surface area contributed by atoms with Crippen LogP contribution in [0.3, 0.4) is 0 Å². The molecule has 0 saturated heterocycles. The van der Waals surface area contributed by atoms with Gasteiger partial charge in [-0.1, -0.05) is 60.7 Å². The molecule has 4 aromatic carbocycles. The van der Waals surface area contributed by atoms with Crippen molar-refractivity contribution in [2.45, 2.75) is 6.92 Å². The van der Waals surface area contributed by atoms with Gasteiger partial charge in [-0.3, -0.25) is 0 Å². The highest BCUT2D eigenvalue weighted by Gasteiger charge is 2.18. The first-order valence-electron chi connectivity index (χ1n) is 12.9. The molecule has 0 saturated carbocycles. The maximum absolute atomic E-state index is 13.1. The van der Waals surface area contributed by atoms with Crippen molar-refractivity contribution in [3.8, 4) is 28.3 Å². The SMILES string of the molecule is CCOC(=O)c1cc2ccc(OC(=O)c3ccc4nc(-c5ccccc5)c(-c5ccccc5)nc4c3)cc2oc1=O. The van der Waals surface area contributed by atoms with E-state index in [0.29, 0.717) is 22.1 Å². The molecular weight excluding hydrogens is 520 g/mol. The van der Waals surface area contributed by atoms with Crippen molar-refractivity contribution in [2.75, 3.05) is 6.61 Å². The van der Waals surface area contributed by atoms with Crippen LogP contribution in [0.1, 0.15) is 27.6 Å². The van der Waals surface area contributed by atoms with Crippen molar-refractivity contribution >= 4 is 33.9 Å². The van der Waals surface area contributed by atoms with Gasteiger partial charge in [0.15, 0.2) is 0 Å². The Labute approximate surface area is 233 Å². The van der Waals surface area contributed by atoms with Crippen molar-refractivity contribution in [1.29, 1.82) is 0 Å². The molecule has 0 aliphatic heterocycles. The van der Waals surface area contributed by atoms with E-state index in [-0.39, 0.29) is 29.1 Å². The second-order valence-electron chi connectivity index (χ2n) is 9.11. The first-order chi connectivity index (χ1) is 20.0. The van der Waals surface area contributed by atoms with Crippen LogP contribution in [0.2, 0.25) is 0 Å². The molecule has 0 atom stereocenters. The predicted octanol–water partition coefficient (Wildman–Crippen LogP) is 6.47. The molecule has 8 heteroatoms. The molecule has 8 nitrogen and oxygen atoms in total. The molecule has 200 valence electrons.